The van der Waals surface area contributed by atoms with Crippen LogP contribution in [0.15, 0.2) is 41.1 Å². The topological polar surface area (TPSA) is 38.0 Å². The highest BCUT2D eigenvalue weighted by Gasteiger charge is 2.15. The van der Waals surface area contributed by atoms with Crippen LogP contribution in [0.3, 0.4) is 0 Å². The Labute approximate surface area is 103 Å². The molecule has 1 unspecified atom stereocenters. The molecule has 1 N–H and O–H groups in total. The van der Waals surface area contributed by atoms with Gasteiger partial charge < -0.3 is 9.67 Å². The molecule has 0 saturated heterocycles. The maximum absolute atomic E-state index is 10.2. The van der Waals surface area contributed by atoms with Crippen LogP contribution in [0.4, 0.5) is 0 Å². The van der Waals surface area contributed by atoms with E-state index < -0.39 is 6.10 Å². The van der Waals surface area contributed by atoms with Gasteiger partial charge in [0.15, 0.2) is 0 Å². The third-order valence-electron chi connectivity index (χ3n) is 2.52. The third kappa shape index (κ3) is 2.18. The minimum Gasteiger partial charge on any atom is -0.380 e. The lowest BCUT2D eigenvalue weighted by atomic mass is 10.1. The SMILES string of the molecule is CCn1ccnc1C(O)c1ccc(Br)cc1. The van der Waals surface area contributed by atoms with Gasteiger partial charge in [0.1, 0.15) is 11.9 Å². The second kappa shape index (κ2) is 4.80. The quantitative estimate of drug-likeness (QED) is 0.939. The number of benzene rings is 1. The molecule has 4 heteroatoms. The van der Waals surface area contributed by atoms with E-state index in [1.54, 1.807) is 6.20 Å². The van der Waals surface area contributed by atoms with Crippen LogP contribution in [0.1, 0.15) is 24.4 Å². The van der Waals surface area contributed by atoms with Crippen molar-refractivity contribution < 1.29 is 5.11 Å². The first-order valence-corrected chi connectivity index (χ1v) is 5.96. The molecule has 0 aliphatic heterocycles. The smallest absolute Gasteiger partial charge is 0.142 e. The van der Waals surface area contributed by atoms with Gasteiger partial charge in [-0.3, -0.25) is 0 Å². The standard InChI is InChI=1S/C12H13BrN2O/c1-2-15-8-7-14-12(15)11(16)9-3-5-10(13)6-4-9/h3-8,11,16H,2H2,1H3. The van der Waals surface area contributed by atoms with Crippen molar-refractivity contribution in [1.82, 2.24) is 9.55 Å². The molecule has 0 aliphatic carbocycles. The largest absolute Gasteiger partial charge is 0.380 e. The van der Waals surface area contributed by atoms with Gasteiger partial charge in [-0.05, 0) is 24.6 Å². The average molecular weight is 281 g/mol. The molecule has 84 valence electrons. The number of nitrogens with zero attached hydrogens (tertiary/aromatic N) is 2. The van der Waals surface area contributed by atoms with E-state index in [4.69, 9.17) is 0 Å². The molecular formula is C12H13BrN2O. The van der Waals surface area contributed by atoms with Crippen molar-refractivity contribution >= 4 is 15.9 Å². The molecule has 16 heavy (non-hydrogen) atoms. The molecule has 0 radical (unpaired) electrons. The molecule has 1 aromatic carbocycles. The van der Waals surface area contributed by atoms with Gasteiger partial charge in [0.2, 0.25) is 0 Å². The van der Waals surface area contributed by atoms with Gasteiger partial charge >= 0.3 is 0 Å². The summed E-state index contributed by atoms with van der Waals surface area (Å²) in [6.07, 6.45) is 2.92. The molecule has 0 fully saturated rings. The van der Waals surface area contributed by atoms with E-state index in [2.05, 4.69) is 20.9 Å². The van der Waals surface area contributed by atoms with Gasteiger partial charge in [0.05, 0.1) is 0 Å². The van der Waals surface area contributed by atoms with Crippen molar-refractivity contribution in [1.29, 1.82) is 0 Å². The van der Waals surface area contributed by atoms with E-state index in [-0.39, 0.29) is 0 Å². The van der Waals surface area contributed by atoms with Crippen molar-refractivity contribution in [3.63, 3.8) is 0 Å². The van der Waals surface area contributed by atoms with Crippen LogP contribution in [0.5, 0.6) is 0 Å². The van der Waals surface area contributed by atoms with E-state index in [0.717, 1.165) is 16.6 Å². The lowest BCUT2D eigenvalue weighted by molar-refractivity contribution is 0.205. The predicted molar refractivity (Wildman–Crippen MR) is 66.1 cm³/mol. The van der Waals surface area contributed by atoms with Crippen molar-refractivity contribution in [3.8, 4) is 0 Å². The third-order valence-corrected chi connectivity index (χ3v) is 3.05. The normalized spacial score (nSPS) is 12.7. The highest BCUT2D eigenvalue weighted by molar-refractivity contribution is 9.10. The summed E-state index contributed by atoms with van der Waals surface area (Å²) in [5.41, 5.74) is 0.851. The summed E-state index contributed by atoms with van der Waals surface area (Å²) >= 11 is 3.37. The number of hydrogen-bond acceptors (Lipinski definition) is 2. The first-order chi connectivity index (χ1) is 7.72. The summed E-state index contributed by atoms with van der Waals surface area (Å²) in [5.74, 6) is 0.685. The Kier molecular flexibility index (Phi) is 3.41. The van der Waals surface area contributed by atoms with Crippen molar-refractivity contribution in [2.75, 3.05) is 0 Å². The van der Waals surface area contributed by atoms with Crippen LogP contribution in [-0.2, 0) is 6.54 Å². The Morgan fingerprint density at radius 1 is 1.38 bits per heavy atom. The van der Waals surface area contributed by atoms with Crippen LogP contribution in [0, 0.1) is 0 Å². The number of aromatic nitrogens is 2. The highest BCUT2D eigenvalue weighted by atomic mass is 79.9. The monoisotopic (exact) mass is 280 g/mol. The van der Waals surface area contributed by atoms with Crippen LogP contribution in [0.2, 0.25) is 0 Å². The van der Waals surface area contributed by atoms with Gasteiger partial charge in [-0.2, -0.15) is 0 Å². The zero-order valence-corrected chi connectivity index (χ0v) is 10.6. The van der Waals surface area contributed by atoms with Crippen LogP contribution in [-0.4, -0.2) is 14.7 Å². The molecule has 2 aromatic rings. The lowest BCUT2D eigenvalue weighted by Gasteiger charge is -2.12. The molecule has 0 bridgehead atoms. The molecule has 1 aromatic heterocycles. The summed E-state index contributed by atoms with van der Waals surface area (Å²) < 4.78 is 2.94. The minimum atomic E-state index is -0.664. The number of imidazole rings is 1. The Bertz CT molecular complexity index is 464. The Morgan fingerprint density at radius 3 is 2.69 bits per heavy atom. The number of halogens is 1. The van der Waals surface area contributed by atoms with Gasteiger partial charge in [-0.1, -0.05) is 28.1 Å². The van der Waals surface area contributed by atoms with Crippen LogP contribution < -0.4 is 0 Å². The summed E-state index contributed by atoms with van der Waals surface area (Å²) in [7, 11) is 0. The van der Waals surface area contributed by atoms with E-state index in [9.17, 15) is 5.11 Å². The van der Waals surface area contributed by atoms with E-state index in [0.29, 0.717) is 5.82 Å². The molecule has 1 heterocycles. The maximum atomic E-state index is 10.2. The Morgan fingerprint density at radius 2 is 2.06 bits per heavy atom. The first kappa shape index (κ1) is 11.4. The molecule has 0 amide bonds. The second-order valence-corrected chi connectivity index (χ2v) is 4.44. The number of hydrogen-bond donors (Lipinski definition) is 1. The lowest BCUT2D eigenvalue weighted by Crippen LogP contribution is -2.08. The first-order valence-electron chi connectivity index (χ1n) is 5.17. The minimum absolute atomic E-state index is 0.664. The second-order valence-electron chi connectivity index (χ2n) is 3.53. The molecule has 0 aliphatic rings. The molecule has 0 saturated carbocycles. The molecular weight excluding hydrogens is 268 g/mol. The number of aliphatic hydroxyl groups is 1. The highest BCUT2D eigenvalue weighted by Crippen LogP contribution is 2.22. The Balaban J connectivity index is 2.31. The summed E-state index contributed by atoms with van der Waals surface area (Å²) in [6, 6.07) is 7.61. The summed E-state index contributed by atoms with van der Waals surface area (Å²) in [5, 5.41) is 10.2. The van der Waals surface area contributed by atoms with E-state index >= 15 is 0 Å². The van der Waals surface area contributed by atoms with Crippen molar-refractivity contribution in [2.24, 2.45) is 0 Å². The number of aliphatic hydroxyl groups excluding tert-OH is 1. The van der Waals surface area contributed by atoms with E-state index in [1.165, 1.54) is 0 Å². The van der Waals surface area contributed by atoms with Gasteiger partial charge in [-0.25, -0.2) is 4.98 Å². The maximum Gasteiger partial charge on any atom is 0.142 e. The fourth-order valence-electron chi connectivity index (χ4n) is 1.63. The molecule has 2 rings (SSSR count). The summed E-state index contributed by atoms with van der Waals surface area (Å²) in [6.45, 7) is 2.84. The fourth-order valence-corrected chi connectivity index (χ4v) is 1.89. The van der Waals surface area contributed by atoms with Crippen LogP contribution in [0.25, 0.3) is 0 Å². The molecule has 1 atom stereocenters. The van der Waals surface area contributed by atoms with E-state index in [1.807, 2.05) is 42.0 Å². The van der Waals surface area contributed by atoms with Crippen molar-refractivity contribution in [3.05, 3.63) is 52.5 Å². The average Bonchev–Trinajstić information content (AvgIpc) is 2.77. The van der Waals surface area contributed by atoms with Crippen molar-refractivity contribution in [2.45, 2.75) is 19.6 Å². The predicted octanol–water partition coefficient (Wildman–Crippen LogP) is 2.75. The molecule has 0 spiro atoms. The molecule has 3 nitrogen and oxygen atoms in total. The van der Waals surface area contributed by atoms with Gasteiger partial charge in [0.25, 0.3) is 0 Å². The Hall–Kier alpha value is -1.13. The van der Waals surface area contributed by atoms with Gasteiger partial charge in [-0.15, -0.1) is 0 Å². The number of aryl methyl sites for hydroxylation is 1. The van der Waals surface area contributed by atoms with Crippen LogP contribution >= 0.6 is 15.9 Å². The van der Waals surface area contributed by atoms with Gasteiger partial charge in [0, 0.05) is 23.4 Å². The zero-order valence-electron chi connectivity index (χ0n) is 8.97. The summed E-state index contributed by atoms with van der Waals surface area (Å²) in [4.78, 5) is 4.19. The number of rotatable bonds is 3. The fraction of sp³-hybridized carbons (Fsp3) is 0.250. The zero-order chi connectivity index (χ0) is 11.5.